The number of hydrogen-bond acceptors (Lipinski definition) is 7. The maximum Gasteiger partial charge on any atom is 0.339 e. The van der Waals surface area contributed by atoms with E-state index in [0.29, 0.717) is 5.56 Å². The quantitative estimate of drug-likeness (QED) is 0.292. The fourth-order valence-electron chi connectivity index (χ4n) is 2.61. The number of rotatable bonds is 4. The van der Waals surface area contributed by atoms with Gasteiger partial charge in [-0.2, -0.15) is 0 Å². The van der Waals surface area contributed by atoms with Crippen LogP contribution in [0.5, 0.6) is 0 Å². The van der Waals surface area contributed by atoms with Gasteiger partial charge in [0.1, 0.15) is 0 Å². The maximum atomic E-state index is 11.9. The molecule has 3 nitrogen and oxygen atoms in total. The number of ether oxygens (including phenoxy) is 1. The van der Waals surface area contributed by atoms with Crippen LogP contribution < -0.4 is 0 Å². The van der Waals surface area contributed by atoms with Crippen molar-refractivity contribution in [3.05, 3.63) is 46.2 Å². The van der Waals surface area contributed by atoms with Crippen LogP contribution in [0.25, 0.3) is 28.9 Å². The van der Waals surface area contributed by atoms with Gasteiger partial charge in [-0.1, -0.05) is 0 Å². The normalized spacial score (nSPS) is 11.1. The van der Waals surface area contributed by atoms with Crippen molar-refractivity contribution < 1.29 is 14.3 Å². The second-order valence-electron chi connectivity index (χ2n) is 5.32. The van der Waals surface area contributed by atoms with E-state index in [1.807, 2.05) is 16.8 Å². The molecule has 0 saturated heterocycles. The molecule has 7 heteroatoms. The average molecular weight is 405 g/mol. The Bertz CT molecular complexity index is 1060. The van der Waals surface area contributed by atoms with Gasteiger partial charge in [-0.05, 0) is 41.9 Å². The van der Waals surface area contributed by atoms with Crippen molar-refractivity contribution in [1.29, 1.82) is 0 Å². The smallest absolute Gasteiger partial charge is 0.339 e. The lowest BCUT2D eigenvalue weighted by atomic mass is 10.2. The van der Waals surface area contributed by atoms with Gasteiger partial charge in [0.2, 0.25) is 0 Å². The average Bonchev–Trinajstić information content (AvgIpc) is 3.33. The van der Waals surface area contributed by atoms with Crippen molar-refractivity contribution in [2.75, 3.05) is 7.11 Å². The van der Waals surface area contributed by atoms with E-state index in [0.717, 1.165) is 25.1 Å². The number of methoxy groups -OCH3 is 1. The lowest BCUT2D eigenvalue weighted by molar-refractivity contribution is 0.0602. The Morgan fingerprint density at radius 1 is 0.880 bits per heavy atom. The molecule has 0 bridgehead atoms. The van der Waals surface area contributed by atoms with Gasteiger partial charge in [-0.25, -0.2) is 4.79 Å². The number of ketones is 1. The first-order valence-corrected chi connectivity index (χ1v) is 10.8. The van der Waals surface area contributed by atoms with Gasteiger partial charge in [0.05, 0.1) is 22.4 Å². The number of esters is 1. The zero-order chi connectivity index (χ0) is 17.6. The zero-order valence-electron chi connectivity index (χ0n) is 13.3. The fourth-order valence-corrected chi connectivity index (χ4v) is 7.10. The van der Waals surface area contributed by atoms with E-state index >= 15 is 0 Å². The Labute approximate surface area is 160 Å². The van der Waals surface area contributed by atoms with E-state index in [1.54, 1.807) is 58.3 Å². The number of thiophene rings is 4. The van der Waals surface area contributed by atoms with Crippen LogP contribution in [0.2, 0.25) is 0 Å². The van der Waals surface area contributed by atoms with Crippen LogP contribution in [-0.4, -0.2) is 18.9 Å². The number of fused-ring (bicyclic) bond motifs is 1. The van der Waals surface area contributed by atoms with Crippen LogP contribution in [0.15, 0.2) is 35.0 Å². The van der Waals surface area contributed by atoms with Crippen molar-refractivity contribution in [2.45, 2.75) is 6.92 Å². The van der Waals surface area contributed by atoms with Gasteiger partial charge >= 0.3 is 5.97 Å². The monoisotopic (exact) mass is 404 g/mol. The van der Waals surface area contributed by atoms with Gasteiger partial charge < -0.3 is 4.74 Å². The molecule has 0 aliphatic carbocycles. The second-order valence-corrected chi connectivity index (χ2v) is 9.32. The topological polar surface area (TPSA) is 43.4 Å². The Hall–Kier alpha value is -1.80. The molecule has 0 spiro atoms. The van der Waals surface area contributed by atoms with E-state index < -0.39 is 0 Å². The highest BCUT2D eigenvalue weighted by molar-refractivity contribution is 7.33. The predicted octanol–water partition coefficient (Wildman–Crippen LogP) is 6.41. The second kappa shape index (κ2) is 6.49. The van der Waals surface area contributed by atoms with Gasteiger partial charge in [-0.15, -0.1) is 45.3 Å². The molecule has 4 heterocycles. The van der Waals surface area contributed by atoms with Crippen LogP contribution in [0, 0.1) is 0 Å². The lowest BCUT2D eigenvalue weighted by Gasteiger charge is -1.99. The Kier molecular flexibility index (Phi) is 4.33. The van der Waals surface area contributed by atoms with Crippen molar-refractivity contribution in [3.8, 4) is 19.5 Å². The standard InChI is InChI=1S/C18H12O3S4/c1-9(19)10-3-5-22-16(10)14-7-12-13(24-14)8-15(25-12)17-11(4-6-23-17)18(20)21-2/h3-8H,1-2H3. The molecule has 0 fully saturated rings. The molecule has 4 rings (SSSR count). The van der Waals surface area contributed by atoms with Crippen molar-refractivity contribution in [3.63, 3.8) is 0 Å². The minimum Gasteiger partial charge on any atom is -0.465 e. The summed E-state index contributed by atoms with van der Waals surface area (Å²) in [7, 11) is 1.40. The van der Waals surface area contributed by atoms with Crippen molar-refractivity contribution in [1.82, 2.24) is 0 Å². The third kappa shape index (κ3) is 2.87. The van der Waals surface area contributed by atoms with Crippen LogP contribution in [-0.2, 0) is 4.74 Å². The molecular weight excluding hydrogens is 392 g/mol. The molecule has 0 atom stereocenters. The van der Waals surface area contributed by atoms with Gasteiger partial charge in [-0.3, -0.25) is 4.79 Å². The highest BCUT2D eigenvalue weighted by Gasteiger charge is 2.19. The number of carbonyl (C=O) groups excluding carboxylic acids is 2. The summed E-state index contributed by atoms with van der Waals surface area (Å²) < 4.78 is 7.20. The summed E-state index contributed by atoms with van der Waals surface area (Å²) in [6.07, 6.45) is 0. The minimum atomic E-state index is -0.307. The summed E-state index contributed by atoms with van der Waals surface area (Å²) in [6, 6.07) is 7.94. The van der Waals surface area contributed by atoms with Crippen molar-refractivity contribution >= 4 is 66.5 Å². The molecule has 0 radical (unpaired) electrons. The number of carbonyl (C=O) groups is 2. The summed E-state index contributed by atoms with van der Waals surface area (Å²) in [5, 5.41) is 3.87. The molecule has 0 amide bonds. The molecule has 0 saturated carbocycles. The van der Waals surface area contributed by atoms with E-state index in [4.69, 9.17) is 4.74 Å². The number of hydrogen-bond donors (Lipinski definition) is 0. The molecular formula is C18H12O3S4. The Morgan fingerprint density at radius 2 is 1.40 bits per heavy atom. The number of Topliss-reactive ketones (excluding diaryl/α,β-unsaturated/α-hetero) is 1. The van der Waals surface area contributed by atoms with Crippen LogP contribution in [0.1, 0.15) is 27.6 Å². The third-order valence-corrected chi connectivity index (χ3v) is 8.25. The molecule has 0 aliphatic rings. The van der Waals surface area contributed by atoms with E-state index in [2.05, 4.69) is 12.1 Å². The molecule has 126 valence electrons. The maximum absolute atomic E-state index is 11.9. The first kappa shape index (κ1) is 16.7. The minimum absolute atomic E-state index is 0.0926. The first-order chi connectivity index (χ1) is 12.1. The zero-order valence-corrected chi connectivity index (χ0v) is 16.6. The summed E-state index contributed by atoms with van der Waals surface area (Å²) in [6.45, 7) is 1.60. The molecule has 0 aliphatic heterocycles. The molecule has 25 heavy (non-hydrogen) atoms. The molecule has 0 aromatic carbocycles. The summed E-state index contributed by atoms with van der Waals surface area (Å²) in [4.78, 5) is 27.8. The molecule has 4 aromatic heterocycles. The SMILES string of the molecule is COC(=O)c1ccsc1-c1cc2sc(-c3sccc3C(C)=O)cc2s1. The fraction of sp³-hybridized carbons (Fsp3) is 0.111. The van der Waals surface area contributed by atoms with Crippen LogP contribution >= 0.6 is 45.3 Å². The van der Waals surface area contributed by atoms with E-state index in [-0.39, 0.29) is 11.8 Å². The summed E-state index contributed by atoms with van der Waals surface area (Å²) in [5.74, 6) is -0.214. The van der Waals surface area contributed by atoms with Gasteiger partial charge in [0.15, 0.2) is 5.78 Å². The summed E-state index contributed by atoms with van der Waals surface area (Å²) >= 11 is 6.48. The lowest BCUT2D eigenvalue weighted by Crippen LogP contribution is -2.00. The molecule has 0 N–H and O–H groups in total. The van der Waals surface area contributed by atoms with Crippen LogP contribution in [0.3, 0.4) is 0 Å². The summed E-state index contributed by atoms with van der Waals surface area (Å²) in [5.41, 5.74) is 1.39. The third-order valence-electron chi connectivity index (χ3n) is 3.77. The van der Waals surface area contributed by atoms with Gasteiger partial charge in [0.25, 0.3) is 0 Å². The largest absolute Gasteiger partial charge is 0.465 e. The Balaban J connectivity index is 1.76. The Morgan fingerprint density at radius 3 is 1.92 bits per heavy atom. The molecule has 0 unspecified atom stereocenters. The first-order valence-electron chi connectivity index (χ1n) is 7.37. The van der Waals surface area contributed by atoms with Gasteiger partial charge in [0, 0.05) is 24.7 Å². The predicted molar refractivity (Wildman–Crippen MR) is 108 cm³/mol. The van der Waals surface area contributed by atoms with Crippen LogP contribution in [0.4, 0.5) is 0 Å². The van der Waals surface area contributed by atoms with E-state index in [1.165, 1.54) is 16.5 Å². The highest BCUT2D eigenvalue weighted by atomic mass is 32.1. The van der Waals surface area contributed by atoms with E-state index in [9.17, 15) is 9.59 Å². The molecule has 4 aromatic rings. The highest BCUT2D eigenvalue weighted by Crippen LogP contribution is 2.45. The van der Waals surface area contributed by atoms with Crippen molar-refractivity contribution in [2.24, 2.45) is 0 Å².